The fourth-order valence-corrected chi connectivity index (χ4v) is 1.30. The first kappa shape index (κ1) is 6.62. The first-order valence-corrected chi connectivity index (χ1v) is 4.02. The van der Waals surface area contributed by atoms with Crippen LogP contribution in [0.15, 0.2) is 0 Å². The molecule has 0 bridgehead atoms. The zero-order valence-electron chi connectivity index (χ0n) is 6.08. The van der Waals surface area contributed by atoms with Crippen molar-refractivity contribution in [2.24, 2.45) is 0 Å². The zero-order chi connectivity index (χ0) is 6.81. The van der Waals surface area contributed by atoms with E-state index in [1.807, 2.05) is 0 Å². The van der Waals surface area contributed by atoms with E-state index in [4.69, 9.17) is 9.47 Å². The SMILES string of the molecule is [CH](CC1CO1)C1CCCO1. The molecule has 0 spiro atoms. The molecule has 10 heavy (non-hydrogen) atoms. The molecule has 2 heterocycles. The van der Waals surface area contributed by atoms with Crippen LogP contribution in [0.4, 0.5) is 0 Å². The molecule has 2 heteroatoms. The predicted molar refractivity (Wildman–Crippen MR) is 37.6 cm³/mol. The maximum atomic E-state index is 5.42. The zero-order valence-corrected chi connectivity index (χ0v) is 6.08. The van der Waals surface area contributed by atoms with Crippen LogP contribution < -0.4 is 0 Å². The van der Waals surface area contributed by atoms with Gasteiger partial charge >= 0.3 is 0 Å². The lowest BCUT2D eigenvalue weighted by Gasteiger charge is -2.05. The first-order valence-electron chi connectivity index (χ1n) is 4.02. The van der Waals surface area contributed by atoms with E-state index in [0.717, 1.165) is 19.6 Å². The Balaban J connectivity index is 1.59. The summed E-state index contributed by atoms with van der Waals surface area (Å²) < 4.78 is 10.5. The van der Waals surface area contributed by atoms with Crippen LogP contribution >= 0.6 is 0 Å². The van der Waals surface area contributed by atoms with Gasteiger partial charge in [0.25, 0.3) is 0 Å². The maximum Gasteiger partial charge on any atom is 0.0813 e. The van der Waals surface area contributed by atoms with Crippen molar-refractivity contribution in [2.75, 3.05) is 13.2 Å². The molecule has 1 radical (unpaired) electrons. The Bertz CT molecular complexity index is 104. The Kier molecular flexibility index (Phi) is 1.91. The Morgan fingerprint density at radius 2 is 2.30 bits per heavy atom. The average molecular weight is 141 g/mol. The summed E-state index contributed by atoms with van der Waals surface area (Å²) in [6, 6.07) is 0. The van der Waals surface area contributed by atoms with Crippen molar-refractivity contribution >= 4 is 0 Å². The van der Waals surface area contributed by atoms with E-state index in [1.54, 1.807) is 0 Å². The van der Waals surface area contributed by atoms with Crippen LogP contribution in [0.3, 0.4) is 0 Å². The van der Waals surface area contributed by atoms with Crippen molar-refractivity contribution < 1.29 is 9.47 Å². The third-order valence-corrected chi connectivity index (χ3v) is 2.03. The Labute approximate surface area is 61.5 Å². The minimum Gasteiger partial charge on any atom is -0.378 e. The summed E-state index contributed by atoms with van der Waals surface area (Å²) in [5.41, 5.74) is 0. The van der Waals surface area contributed by atoms with E-state index in [0.29, 0.717) is 12.2 Å². The van der Waals surface area contributed by atoms with Gasteiger partial charge in [-0.3, -0.25) is 0 Å². The molecule has 2 aliphatic heterocycles. The van der Waals surface area contributed by atoms with Crippen molar-refractivity contribution in [1.82, 2.24) is 0 Å². The van der Waals surface area contributed by atoms with Crippen LogP contribution in [0.25, 0.3) is 0 Å². The third-order valence-electron chi connectivity index (χ3n) is 2.03. The minimum atomic E-state index is 0.434. The molecule has 0 amide bonds. The van der Waals surface area contributed by atoms with E-state index >= 15 is 0 Å². The normalized spacial score (nSPS) is 38.4. The van der Waals surface area contributed by atoms with Crippen LogP contribution in [0.1, 0.15) is 19.3 Å². The average Bonchev–Trinajstić information content (AvgIpc) is 2.63. The summed E-state index contributed by atoms with van der Waals surface area (Å²) in [4.78, 5) is 0. The van der Waals surface area contributed by atoms with Gasteiger partial charge in [0.1, 0.15) is 0 Å². The summed E-state index contributed by atoms with van der Waals surface area (Å²) in [6.45, 7) is 1.91. The van der Waals surface area contributed by atoms with E-state index < -0.39 is 0 Å². The molecule has 0 aromatic heterocycles. The molecule has 0 saturated carbocycles. The molecule has 0 aliphatic carbocycles. The molecule has 2 saturated heterocycles. The summed E-state index contributed by atoms with van der Waals surface area (Å²) in [5.74, 6) is 0. The molecule has 0 aromatic rings. The van der Waals surface area contributed by atoms with Crippen LogP contribution in [0, 0.1) is 6.42 Å². The Hall–Kier alpha value is -0.0800. The minimum absolute atomic E-state index is 0.434. The molecule has 57 valence electrons. The number of hydrogen-bond acceptors (Lipinski definition) is 2. The lowest BCUT2D eigenvalue weighted by Crippen LogP contribution is -2.06. The fraction of sp³-hybridized carbons (Fsp3) is 0.875. The predicted octanol–water partition coefficient (Wildman–Crippen LogP) is 1.16. The first-order chi connectivity index (χ1) is 4.95. The summed E-state index contributed by atoms with van der Waals surface area (Å²) in [7, 11) is 0. The smallest absolute Gasteiger partial charge is 0.0813 e. The Morgan fingerprint density at radius 3 is 2.90 bits per heavy atom. The number of hydrogen-bond donors (Lipinski definition) is 0. The molecular formula is C8H13O2. The molecule has 2 nitrogen and oxygen atoms in total. The third kappa shape index (κ3) is 1.70. The van der Waals surface area contributed by atoms with Crippen LogP contribution in [-0.4, -0.2) is 25.4 Å². The highest BCUT2D eigenvalue weighted by molar-refractivity contribution is 4.86. The van der Waals surface area contributed by atoms with Crippen molar-refractivity contribution in [2.45, 2.75) is 31.5 Å². The van der Waals surface area contributed by atoms with Gasteiger partial charge in [-0.2, -0.15) is 0 Å². The van der Waals surface area contributed by atoms with Crippen molar-refractivity contribution in [3.8, 4) is 0 Å². The largest absolute Gasteiger partial charge is 0.378 e. The lowest BCUT2D eigenvalue weighted by molar-refractivity contribution is 0.130. The van der Waals surface area contributed by atoms with E-state index in [9.17, 15) is 0 Å². The van der Waals surface area contributed by atoms with Crippen molar-refractivity contribution in [1.29, 1.82) is 0 Å². The van der Waals surface area contributed by atoms with Crippen molar-refractivity contribution in [3.63, 3.8) is 0 Å². The highest BCUT2D eigenvalue weighted by Crippen LogP contribution is 2.21. The quantitative estimate of drug-likeness (QED) is 0.550. The van der Waals surface area contributed by atoms with Gasteiger partial charge in [-0.05, 0) is 25.7 Å². The maximum absolute atomic E-state index is 5.42. The molecule has 0 N–H and O–H groups in total. The van der Waals surface area contributed by atoms with E-state index in [2.05, 4.69) is 6.42 Å². The van der Waals surface area contributed by atoms with Gasteiger partial charge in [-0.25, -0.2) is 0 Å². The second-order valence-electron chi connectivity index (χ2n) is 2.98. The van der Waals surface area contributed by atoms with Gasteiger partial charge in [0.05, 0.1) is 18.8 Å². The molecule has 2 atom stereocenters. The van der Waals surface area contributed by atoms with E-state index in [-0.39, 0.29) is 0 Å². The van der Waals surface area contributed by atoms with Crippen LogP contribution in [0.2, 0.25) is 0 Å². The second-order valence-corrected chi connectivity index (χ2v) is 2.98. The highest BCUT2D eigenvalue weighted by atomic mass is 16.6. The molecular weight excluding hydrogens is 128 g/mol. The summed E-state index contributed by atoms with van der Waals surface area (Å²) in [5, 5.41) is 0. The van der Waals surface area contributed by atoms with Gasteiger partial charge in [0, 0.05) is 6.61 Å². The standard InChI is InChI=1S/C8H13O2/c1-2-7(9-5-1)3-4-8-6-10-8/h3,7-8H,1-2,4-6H2. The van der Waals surface area contributed by atoms with Gasteiger partial charge in [0.2, 0.25) is 0 Å². The molecule has 0 aromatic carbocycles. The fourth-order valence-electron chi connectivity index (χ4n) is 1.30. The van der Waals surface area contributed by atoms with Crippen LogP contribution in [0.5, 0.6) is 0 Å². The second kappa shape index (κ2) is 2.89. The monoisotopic (exact) mass is 141 g/mol. The summed E-state index contributed by atoms with van der Waals surface area (Å²) >= 11 is 0. The number of ether oxygens (including phenoxy) is 2. The molecule has 2 unspecified atom stereocenters. The van der Waals surface area contributed by atoms with Gasteiger partial charge in [-0.1, -0.05) is 0 Å². The number of rotatable bonds is 3. The molecule has 2 aliphatic rings. The molecule has 2 fully saturated rings. The Morgan fingerprint density at radius 1 is 1.40 bits per heavy atom. The van der Waals surface area contributed by atoms with Gasteiger partial charge < -0.3 is 9.47 Å². The van der Waals surface area contributed by atoms with Crippen molar-refractivity contribution in [3.05, 3.63) is 6.42 Å². The lowest BCUT2D eigenvalue weighted by atomic mass is 10.1. The summed E-state index contributed by atoms with van der Waals surface area (Å²) in [6.07, 6.45) is 6.75. The molecule has 2 rings (SSSR count). The highest BCUT2D eigenvalue weighted by Gasteiger charge is 2.25. The van der Waals surface area contributed by atoms with Gasteiger partial charge in [-0.15, -0.1) is 0 Å². The van der Waals surface area contributed by atoms with E-state index in [1.165, 1.54) is 12.8 Å². The van der Waals surface area contributed by atoms with Crippen LogP contribution in [-0.2, 0) is 9.47 Å². The topological polar surface area (TPSA) is 21.8 Å². The number of epoxide rings is 1. The van der Waals surface area contributed by atoms with Gasteiger partial charge in [0.15, 0.2) is 0 Å².